The fourth-order valence-electron chi connectivity index (χ4n) is 4.49. The van der Waals surface area contributed by atoms with Gasteiger partial charge in [-0.25, -0.2) is 18.7 Å². The summed E-state index contributed by atoms with van der Waals surface area (Å²) in [7, 11) is 1.56. The van der Waals surface area contributed by atoms with Gasteiger partial charge in [0.15, 0.2) is 23.1 Å². The second-order valence-corrected chi connectivity index (χ2v) is 9.55. The van der Waals surface area contributed by atoms with Gasteiger partial charge in [0.25, 0.3) is 0 Å². The van der Waals surface area contributed by atoms with Gasteiger partial charge in [-0.15, -0.1) is 0 Å². The van der Waals surface area contributed by atoms with E-state index in [1.807, 2.05) is 0 Å². The lowest BCUT2D eigenvalue weighted by atomic mass is 9.92. The predicted octanol–water partition coefficient (Wildman–Crippen LogP) is 4.71. The lowest BCUT2D eigenvalue weighted by molar-refractivity contribution is -0.116. The average Bonchev–Trinajstić information content (AvgIpc) is 3.37. The summed E-state index contributed by atoms with van der Waals surface area (Å²) in [5, 5.41) is 10.4. The van der Waals surface area contributed by atoms with Crippen molar-refractivity contribution in [3.05, 3.63) is 60.7 Å². The van der Waals surface area contributed by atoms with Crippen molar-refractivity contribution in [2.24, 2.45) is 0 Å². The molecule has 0 radical (unpaired) electrons. The molecule has 12 heteroatoms. The van der Waals surface area contributed by atoms with E-state index in [1.165, 1.54) is 35.8 Å². The highest BCUT2D eigenvalue weighted by atomic mass is 19.2. The number of benzene rings is 2. The first-order chi connectivity index (χ1) is 19.9. The zero-order chi connectivity index (χ0) is 28.8. The van der Waals surface area contributed by atoms with Crippen LogP contribution in [0.4, 0.5) is 26.0 Å². The minimum Gasteiger partial charge on any atom is -0.493 e. The number of methoxy groups -OCH3 is 1. The maximum Gasteiger partial charge on any atom is 0.246 e. The summed E-state index contributed by atoms with van der Waals surface area (Å²) in [5.74, 6) is -1.15. The molecule has 1 saturated carbocycles. The number of rotatable bonds is 12. The smallest absolute Gasteiger partial charge is 0.246 e. The number of fused-ring (bicyclic) bond motifs is 1. The van der Waals surface area contributed by atoms with E-state index in [0.717, 1.165) is 31.9 Å². The number of nitrogens with one attached hydrogen (secondary N) is 2. The van der Waals surface area contributed by atoms with Crippen LogP contribution in [0.2, 0.25) is 0 Å². The molecule has 41 heavy (non-hydrogen) atoms. The number of nitrogens with zero attached hydrogens (tertiary/aromatic N) is 5. The van der Waals surface area contributed by atoms with Crippen molar-refractivity contribution in [2.45, 2.75) is 38.3 Å². The summed E-state index contributed by atoms with van der Waals surface area (Å²) in [5.41, 5.74) is 0.953. The summed E-state index contributed by atoms with van der Waals surface area (Å²) < 4.78 is 40.2. The van der Waals surface area contributed by atoms with Crippen molar-refractivity contribution in [1.29, 1.82) is 0 Å². The van der Waals surface area contributed by atoms with Gasteiger partial charge in [-0.2, -0.15) is 5.10 Å². The zero-order valence-electron chi connectivity index (χ0n) is 22.4. The molecule has 0 spiro atoms. The molecule has 2 aromatic heterocycles. The third kappa shape index (κ3) is 6.46. The van der Waals surface area contributed by atoms with Crippen LogP contribution in [0.5, 0.6) is 11.5 Å². The summed E-state index contributed by atoms with van der Waals surface area (Å²) in [6, 6.07) is 10.4. The fourth-order valence-corrected chi connectivity index (χ4v) is 4.49. The highest BCUT2D eigenvalue weighted by Crippen LogP contribution is 2.35. The molecule has 1 amide bonds. The monoisotopic (exact) mass is 561 g/mol. The minimum atomic E-state index is -1.12. The van der Waals surface area contributed by atoms with Crippen LogP contribution >= 0.6 is 0 Å². The lowest BCUT2D eigenvalue weighted by Crippen LogP contribution is -2.37. The number of hydrogen-bond donors (Lipinski definition) is 2. The summed E-state index contributed by atoms with van der Waals surface area (Å²) in [6.07, 6.45) is 14.5. The molecule has 5 rings (SSSR count). The van der Waals surface area contributed by atoms with Gasteiger partial charge in [-0.3, -0.25) is 9.48 Å². The maximum atomic E-state index is 13.9. The molecule has 0 aliphatic heterocycles. The highest BCUT2D eigenvalue weighted by molar-refractivity contribution is 5.93. The molecule has 2 aromatic carbocycles. The van der Waals surface area contributed by atoms with E-state index in [2.05, 4.69) is 36.6 Å². The molecule has 0 saturated heterocycles. The van der Waals surface area contributed by atoms with E-state index < -0.39 is 17.5 Å². The second-order valence-electron chi connectivity index (χ2n) is 9.55. The molecule has 0 bridgehead atoms. The first kappa shape index (κ1) is 27.6. The molecule has 1 aliphatic rings. The normalized spacial score (nSPS) is 12.8. The van der Waals surface area contributed by atoms with Crippen molar-refractivity contribution >= 4 is 34.0 Å². The molecule has 212 valence electrons. The number of halogens is 2. The third-order valence-electron chi connectivity index (χ3n) is 6.83. The number of carbonyl (C=O) groups excluding carboxylic acids is 1. The van der Waals surface area contributed by atoms with Crippen molar-refractivity contribution in [3.63, 3.8) is 0 Å². The Balaban J connectivity index is 1.22. The first-order valence-corrected chi connectivity index (χ1v) is 13.2. The summed E-state index contributed by atoms with van der Waals surface area (Å²) >= 11 is 0. The van der Waals surface area contributed by atoms with E-state index in [1.54, 1.807) is 25.4 Å². The highest BCUT2D eigenvalue weighted by Gasteiger charge is 2.22. The van der Waals surface area contributed by atoms with E-state index >= 15 is 0 Å². The van der Waals surface area contributed by atoms with Crippen LogP contribution in [0.3, 0.4) is 0 Å². The van der Waals surface area contributed by atoms with Gasteiger partial charge in [0.2, 0.25) is 5.91 Å². The number of terminal acetylenes is 1. The molecular formula is C29H29F2N7O3. The largest absolute Gasteiger partial charge is 0.493 e. The molecule has 1 fully saturated rings. The van der Waals surface area contributed by atoms with Crippen LogP contribution in [-0.2, 0) is 11.3 Å². The third-order valence-corrected chi connectivity index (χ3v) is 6.83. The number of amides is 1. The van der Waals surface area contributed by atoms with E-state index in [4.69, 9.17) is 15.9 Å². The van der Waals surface area contributed by atoms with E-state index in [-0.39, 0.29) is 12.2 Å². The van der Waals surface area contributed by atoms with Crippen molar-refractivity contribution in [3.8, 4) is 24.0 Å². The number of carbonyl (C=O) groups is 1. The first-order valence-electron chi connectivity index (χ1n) is 13.2. The Morgan fingerprint density at radius 1 is 1.24 bits per heavy atom. The average molecular weight is 562 g/mol. The number of hydrogen-bond acceptors (Lipinski definition) is 8. The van der Waals surface area contributed by atoms with Gasteiger partial charge in [0.05, 0.1) is 36.8 Å². The Labute approximate surface area is 235 Å². The minimum absolute atomic E-state index is 0.212. The molecule has 2 heterocycles. The zero-order valence-corrected chi connectivity index (χ0v) is 22.4. The molecule has 0 unspecified atom stereocenters. The molecule has 2 N–H and O–H groups in total. The molecule has 10 nitrogen and oxygen atoms in total. The van der Waals surface area contributed by atoms with Gasteiger partial charge in [0.1, 0.15) is 18.7 Å². The van der Waals surface area contributed by atoms with Gasteiger partial charge in [0, 0.05) is 36.3 Å². The van der Waals surface area contributed by atoms with Gasteiger partial charge in [-0.05, 0) is 43.9 Å². The van der Waals surface area contributed by atoms with Crippen molar-refractivity contribution in [2.75, 3.05) is 30.9 Å². The van der Waals surface area contributed by atoms with Crippen LogP contribution < -0.4 is 20.1 Å². The quantitative estimate of drug-likeness (QED) is 0.146. The number of ether oxygens (including phenoxy) is 2. The van der Waals surface area contributed by atoms with E-state index in [9.17, 15) is 13.6 Å². The van der Waals surface area contributed by atoms with Crippen LogP contribution in [0.25, 0.3) is 10.9 Å². The molecule has 1 aliphatic carbocycles. The summed E-state index contributed by atoms with van der Waals surface area (Å²) in [6.45, 7) is 1.03. The van der Waals surface area contributed by atoms with Crippen LogP contribution in [-0.4, -0.2) is 56.9 Å². The van der Waals surface area contributed by atoms with Crippen LogP contribution in [0.15, 0.2) is 49.1 Å². The topological polar surface area (TPSA) is 106 Å². The van der Waals surface area contributed by atoms with Gasteiger partial charge in [-0.1, -0.05) is 12.5 Å². The van der Waals surface area contributed by atoms with Crippen LogP contribution in [0.1, 0.15) is 25.7 Å². The molecule has 0 atom stereocenters. The predicted molar refractivity (Wildman–Crippen MR) is 150 cm³/mol. The standard InChI is InChI=1S/C29H29F2N7O3/c1-3-37(20-7-4-8-20)11-6-12-41-26-14-24-21(13-25(26)40-2)29(33-18-32-24)35-19-15-34-38(16-19)17-27(39)36-23-10-5-9-22(30)28(23)31/h1,5,9-10,13-16,18,20H,4,6-8,11-12,17H2,2H3,(H,36,39)(H,32,33,35). The van der Waals surface area contributed by atoms with E-state index in [0.29, 0.717) is 46.6 Å². The van der Waals surface area contributed by atoms with Gasteiger partial charge >= 0.3 is 0 Å². The number of aromatic nitrogens is 4. The fraction of sp³-hybridized carbons (Fsp3) is 0.310. The lowest BCUT2D eigenvalue weighted by Gasteiger charge is -2.34. The Morgan fingerprint density at radius 3 is 2.85 bits per heavy atom. The Morgan fingerprint density at radius 2 is 2.10 bits per heavy atom. The maximum absolute atomic E-state index is 13.9. The Hall–Kier alpha value is -4.92. The van der Waals surface area contributed by atoms with Gasteiger partial charge < -0.3 is 25.0 Å². The molecule has 4 aromatic rings. The Bertz CT molecular complexity index is 1580. The Kier molecular flexibility index (Phi) is 8.43. The SMILES string of the molecule is C#CN(CCCOc1cc2ncnc(Nc3cnn(CC(=O)Nc4cccc(F)c4F)c3)c2cc1OC)C1CCC1. The van der Waals surface area contributed by atoms with Crippen molar-refractivity contribution < 1.29 is 23.0 Å². The molecular weight excluding hydrogens is 532 g/mol. The summed E-state index contributed by atoms with van der Waals surface area (Å²) in [4.78, 5) is 23.1. The second kappa shape index (κ2) is 12.5. The van der Waals surface area contributed by atoms with Crippen molar-refractivity contribution in [1.82, 2.24) is 24.6 Å². The van der Waals surface area contributed by atoms with Crippen LogP contribution in [0, 0.1) is 24.1 Å². The number of anilines is 3.